The first-order chi connectivity index (χ1) is 20.2. The molecule has 6 aliphatic rings. The first-order valence-electron chi connectivity index (χ1n) is 16.7. The van der Waals surface area contributed by atoms with Gasteiger partial charge in [0.25, 0.3) is 11.8 Å². The third kappa shape index (κ3) is 4.76. The van der Waals surface area contributed by atoms with Crippen molar-refractivity contribution in [3.8, 4) is 0 Å². The average molecular weight is 575 g/mol. The summed E-state index contributed by atoms with van der Waals surface area (Å²) in [6, 6.07) is 5.30. The molecule has 1 aliphatic heterocycles. The molecule has 6 heteroatoms. The summed E-state index contributed by atoms with van der Waals surface area (Å²) in [4.78, 5) is 29.0. The summed E-state index contributed by atoms with van der Waals surface area (Å²) < 4.78 is 15.7. The molecule has 2 amide bonds. The minimum atomic E-state index is -1.19. The number of allylic oxidation sites excluding steroid dienone is 3. The lowest BCUT2D eigenvalue weighted by Gasteiger charge is -2.46. The molecule has 2 bridgehead atoms. The van der Waals surface area contributed by atoms with Crippen molar-refractivity contribution in [1.82, 2.24) is 9.80 Å². The Kier molecular flexibility index (Phi) is 7.15. The van der Waals surface area contributed by atoms with Crippen molar-refractivity contribution in [3.63, 3.8) is 0 Å². The lowest BCUT2D eigenvalue weighted by Crippen LogP contribution is -2.53. The standard InChI is InChI=1S/C36H47FN2O3/c1-3-4-5-7-24-8-6-11-35-22-30(35)28-20-26(29(35)19-24)18-23(2)32(28)25-9-10-27(31(37)21-25)33(40)38-14-16-39(17-15-38)34(41)36(42)12-13-36/h3,9-10,21,23-24,26,29-30,42H,1,4-8,11-20,22H2,2H3. The van der Waals surface area contributed by atoms with Crippen LogP contribution in [0.3, 0.4) is 0 Å². The Balaban J connectivity index is 1.06. The Labute approximate surface area is 250 Å². The molecule has 226 valence electrons. The number of aliphatic hydroxyl groups is 1. The van der Waals surface area contributed by atoms with Crippen molar-refractivity contribution in [2.24, 2.45) is 35.0 Å². The number of carbonyl (C=O) groups excluding carboxylic acids is 2. The molecule has 7 rings (SSSR count). The number of fused-ring (bicyclic) bond motifs is 4. The summed E-state index contributed by atoms with van der Waals surface area (Å²) in [5.41, 5.74) is 3.35. The van der Waals surface area contributed by atoms with Crippen LogP contribution in [0.15, 0.2) is 36.4 Å². The van der Waals surface area contributed by atoms with Crippen molar-refractivity contribution in [2.45, 2.75) is 89.6 Å². The highest BCUT2D eigenvalue weighted by Crippen LogP contribution is 2.75. The maximum absolute atomic E-state index is 15.7. The smallest absolute Gasteiger partial charge is 0.256 e. The van der Waals surface area contributed by atoms with Gasteiger partial charge >= 0.3 is 0 Å². The average Bonchev–Trinajstić information content (AvgIpc) is 3.91. The van der Waals surface area contributed by atoms with E-state index in [4.69, 9.17) is 0 Å². The Morgan fingerprint density at radius 3 is 2.60 bits per heavy atom. The van der Waals surface area contributed by atoms with Crippen LogP contribution in [-0.4, -0.2) is 58.5 Å². The topological polar surface area (TPSA) is 60.9 Å². The van der Waals surface area contributed by atoms with Crippen LogP contribution in [0.25, 0.3) is 5.57 Å². The second kappa shape index (κ2) is 10.6. The Hall–Kier alpha value is -2.47. The molecule has 0 radical (unpaired) electrons. The zero-order valence-electron chi connectivity index (χ0n) is 25.3. The van der Waals surface area contributed by atoms with Gasteiger partial charge in [0.05, 0.1) is 5.56 Å². The number of hydrogen-bond acceptors (Lipinski definition) is 3. The predicted molar refractivity (Wildman–Crippen MR) is 162 cm³/mol. The molecule has 1 heterocycles. The number of rotatable bonds is 7. The van der Waals surface area contributed by atoms with Crippen molar-refractivity contribution < 1.29 is 19.1 Å². The van der Waals surface area contributed by atoms with Gasteiger partial charge in [0.2, 0.25) is 0 Å². The molecule has 1 saturated heterocycles. The van der Waals surface area contributed by atoms with E-state index in [9.17, 15) is 14.7 Å². The molecule has 6 atom stereocenters. The van der Waals surface area contributed by atoms with E-state index in [0.717, 1.165) is 29.7 Å². The third-order valence-corrected chi connectivity index (χ3v) is 12.2. The van der Waals surface area contributed by atoms with E-state index in [1.54, 1.807) is 27.5 Å². The van der Waals surface area contributed by atoms with Crippen LogP contribution >= 0.6 is 0 Å². The van der Waals surface area contributed by atoms with Crippen LogP contribution in [0.4, 0.5) is 4.39 Å². The summed E-state index contributed by atoms with van der Waals surface area (Å²) in [6.45, 7) is 7.72. The molecular weight excluding hydrogens is 527 g/mol. The number of nitrogens with zero attached hydrogens (tertiary/aromatic N) is 2. The Bertz CT molecular complexity index is 1310. The number of piperazine rings is 1. The predicted octanol–water partition coefficient (Wildman–Crippen LogP) is 6.62. The number of carbonyl (C=O) groups is 2. The maximum Gasteiger partial charge on any atom is 0.256 e. The third-order valence-electron chi connectivity index (χ3n) is 12.2. The SMILES string of the molecule is C=CCCCC1CCCC23CC2C2=C(c4ccc(C(=O)N5CCN(C(=O)C6(O)CC6)CC5)c(F)c4)C(C)CC(C2)C3C1. The number of unbranched alkanes of at least 4 members (excludes halogenated alkanes) is 1. The van der Waals surface area contributed by atoms with Crippen LogP contribution in [0, 0.1) is 40.8 Å². The molecule has 1 N–H and O–H groups in total. The van der Waals surface area contributed by atoms with Crippen LogP contribution < -0.4 is 0 Å². The number of hydrogen-bond donors (Lipinski definition) is 1. The minimum absolute atomic E-state index is 0.115. The van der Waals surface area contributed by atoms with Gasteiger partial charge in [-0.1, -0.05) is 43.9 Å². The zero-order chi connectivity index (χ0) is 29.2. The molecule has 5 fully saturated rings. The van der Waals surface area contributed by atoms with Gasteiger partial charge in [-0.25, -0.2) is 4.39 Å². The van der Waals surface area contributed by atoms with Crippen molar-refractivity contribution >= 4 is 17.4 Å². The second-order valence-corrected chi connectivity index (χ2v) is 14.7. The van der Waals surface area contributed by atoms with E-state index in [1.165, 1.54) is 63.4 Å². The first kappa shape index (κ1) is 28.3. The highest BCUT2D eigenvalue weighted by molar-refractivity contribution is 5.95. The maximum atomic E-state index is 15.7. The quantitative estimate of drug-likeness (QED) is 0.294. The fourth-order valence-corrected chi connectivity index (χ4v) is 9.81. The highest BCUT2D eigenvalue weighted by Gasteiger charge is 2.65. The van der Waals surface area contributed by atoms with E-state index in [2.05, 4.69) is 19.6 Å². The summed E-state index contributed by atoms with van der Waals surface area (Å²) in [7, 11) is 0. The van der Waals surface area contributed by atoms with Gasteiger partial charge in [-0.2, -0.15) is 0 Å². The fourth-order valence-electron chi connectivity index (χ4n) is 9.81. The molecule has 42 heavy (non-hydrogen) atoms. The zero-order valence-corrected chi connectivity index (χ0v) is 25.3. The minimum Gasteiger partial charge on any atom is -0.380 e. The van der Waals surface area contributed by atoms with Gasteiger partial charge in [-0.3, -0.25) is 9.59 Å². The van der Waals surface area contributed by atoms with Crippen molar-refractivity contribution in [3.05, 3.63) is 53.4 Å². The van der Waals surface area contributed by atoms with Crippen molar-refractivity contribution in [2.75, 3.05) is 26.2 Å². The van der Waals surface area contributed by atoms with E-state index in [0.29, 0.717) is 56.3 Å². The first-order valence-corrected chi connectivity index (χ1v) is 16.7. The van der Waals surface area contributed by atoms with E-state index < -0.39 is 11.4 Å². The molecule has 6 unspecified atom stereocenters. The molecule has 0 aromatic heterocycles. The molecule has 1 aromatic rings. The molecule has 5 nitrogen and oxygen atoms in total. The van der Waals surface area contributed by atoms with E-state index in [-0.39, 0.29) is 17.4 Å². The molecule has 5 aliphatic carbocycles. The molecule has 4 saturated carbocycles. The van der Waals surface area contributed by atoms with Crippen LogP contribution in [0.1, 0.15) is 99.9 Å². The Morgan fingerprint density at radius 2 is 1.88 bits per heavy atom. The summed E-state index contributed by atoms with van der Waals surface area (Å²) in [5.74, 6) is 2.57. The lowest BCUT2D eigenvalue weighted by atomic mass is 9.59. The second-order valence-electron chi connectivity index (χ2n) is 14.7. The lowest BCUT2D eigenvalue weighted by molar-refractivity contribution is -0.143. The van der Waals surface area contributed by atoms with Crippen molar-refractivity contribution in [1.29, 1.82) is 0 Å². The van der Waals surface area contributed by atoms with Gasteiger partial charge in [0, 0.05) is 26.2 Å². The summed E-state index contributed by atoms with van der Waals surface area (Å²) >= 11 is 0. The van der Waals surface area contributed by atoms with Gasteiger partial charge < -0.3 is 14.9 Å². The summed E-state index contributed by atoms with van der Waals surface area (Å²) in [6.07, 6.45) is 16.0. The fraction of sp³-hybridized carbons (Fsp3) is 0.667. The normalized spacial score (nSPS) is 34.7. The van der Waals surface area contributed by atoms with Gasteiger partial charge in [-0.15, -0.1) is 6.58 Å². The van der Waals surface area contributed by atoms with Crippen LogP contribution in [-0.2, 0) is 4.79 Å². The van der Waals surface area contributed by atoms with Crippen LogP contribution in [0.5, 0.6) is 0 Å². The number of benzene rings is 1. The molecule has 1 aromatic carbocycles. The number of amides is 2. The van der Waals surface area contributed by atoms with Gasteiger partial charge in [0.1, 0.15) is 11.4 Å². The largest absolute Gasteiger partial charge is 0.380 e. The monoisotopic (exact) mass is 574 g/mol. The summed E-state index contributed by atoms with van der Waals surface area (Å²) in [5, 5.41) is 10.2. The van der Waals surface area contributed by atoms with E-state index in [1.807, 2.05) is 6.07 Å². The van der Waals surface area contributed by atoms with Gasteiger partial charge in [-0.05, 0) is 116 Å². The highest BCUT2D eigenvalue weighted by atomic mass is 19.1. The van der Waals surface area contributed by atoms with E-state index >= 15 is 4.39 Å². The molecule has 1 spiro atoms. The molecular formula is C36H47FN2O3. The van der Waals surface area contributed by atoms with Crippen LogP contribution in [0.2, 0.25) is 0 Å². The van der Waals surface area contributed by atoms with Gasteiger partial charge in [0.15, 0.2) is 0 Å². The Morgan fingerprint density at radius 1 is 1.12 bits per heavy atom. The number of halogens is 1.